The third-order valence-electron chi connectivity index (χ3n) is 5.23. The summed E-state index contributed by atoms with van der Waals surface area (Å²) >= 11 is 0. The molecule has 0 unspecified atom stereocenters. The van der Waals surface area contributed by atoms with Crippen LogP contribution >= 0.6 is 0 Å². The number of aryl methyl sites for hydroxylation is 2. The predicted octanol–water partition coefficient (Wildman–Crippen LogP) is 0.455. The summed E-state index contributed by atoms with van der Waals surface area (Å²) in [5, 5.41) is 3.30. The molecule has 0 radical (unpaired) electrons. The fraction of sp³-hybridized carbons (Fsp3) is 0.444. The lowest BCUT2D eigenvalue weighted by molar-refractivity contribution is 0.328. The minimum absolute atomic E-state index is 0.00526. The summed E-state index contributed by atoms with van der Waals surface area (Å²) < 4.78 is 53.0. The molecule has 1 aliphatic heterocycles. The molecule has 0 aromatic carbocycles. The first-order chi connectivity index (χ1) is 15.0. The van der Waals surface area contributed by atoms with E-state index in [0.717, 1.165) is 15.8 Å². The monoisotopic (exact) mass is 480 g/mol. The third kappa shape index (κ3) is 4.52. The Hall–Kier alpha value is -2.84. The molecule has 172 valence electrons. The highest BCUT2D eigenvalue weighted by Gasteiger charge is 2.31. The maximum Gasteiger partial charge on any atom is 0.262 e. The number of nitrogens with zero attached hydrogens (tertiary/aromatic N) is 7. The molecule has 0 saturated carbocycles. The van der Waals surface area contributed by atoms with Crippen molar-refractivity contribution in [1.29, 1.82) is 0 Å². The molecular formula is C18H24N8O4S2. The summed E-state index contributed by atoms with van der Waals surface area (Å²) in [6.07, 6.45) is 9.51. The van der Waals surface area contributed by atoms with Gasteiger partial charge in [0.05, 0.1) is 18.3 Å². The van der Waals surface area contributed by atoms with Crippen molar-refractivity contribution in [3.05, 3.63) is 36.8 Å². The highest BCUT2D eigenvalue weighted by atomic mass is 32.2. The average molecular weight is 481 g/mol. The Morgan fingerprint density at radius 2 is 1.75 bits per heavy atom. The number of rotatable bonds is 6. The average Bonchev–Trinajstić information content (AvgIpc) is 3.39. The molecule has 0 amide bonds. The molecule has 12 nitrogen and oxygen atoms in total. The topological polar surface area (TPSA) is 145 Å². The number of piperidine rings is 1. The number of aromatic nitrogens is 6. The molecule has 4 rings (SSSR count). The van der Waals surface area contributed by atoms with Crippen LogP contribution < -0.4 is 5.32 Å². The number of hydrogen-bond acceptors (Lipinski definition) is 9. The van der Waals surface area contributed by atoms with Crippen LogP contribution in [0.25, 0.3) is 11.4 Å². The van der Waals surface area contributed by atoms with Crippen molar-refractivity contribution in [3.63, 3.8) is 0 Å². The van der Waals surface area contributed by atoms with Crippen molar-refractivity contribution in [2.24, 2.45) is 7.05 Å². The van der Waals surface area contributed by atoms with Gasteiger partial charge in [-0.25, -0.2) is 40.7 Å². The van der Waals surface area contributed by atoms with E-state index in [2.05, 4.69) is 25.3 Å². The van der Waals surface area contributed by atoms with Crippen LogP contribution in [0.15, 0.2) is 36.3 Å². The Kier molecular flexibility index (Phi) is 5.77. The lowest BCUT2D eigenvalue weighted by Crippen LogP contribution is -2.42. The van der Waals surface area contributed by atoms with Crippen LogP contribution in [0.4, 0.5) is 5.95 Å². The van der Waals surface area contributed by atoms with Crippen LogP contribution in [0.3, 0.4) is 0 Å². The van der Waals surface area contributed by atoms with Crippen LogP contribution in [0.5, 0.6) is 0 Å². The molecule has 14 heteroatoms. The van der Waals surface area contributed by atoms with E-state index in [1.165, 1.54) is 29.4 Å². The summed E-state index contributed by atoms with van der Waals surface area (Å²) in [7, 11) is -5.32. The first-order valence-electron chi connectivity index (χ1n) is 9.87. The van der Waals surface area contributed by atoms with E-state index in [-0.39, 0.29) is 11.1 Å². The predicted molar refractivity (Wildman–Crippen MR) is 117 cm³/mol. The Balaban J connectivity index is 1.45. The number of imidazole rings is 2. The molecular weight excluding hydrogens is 456 g/mol. The summed E-state index contributed by atoms with van der Waals surface area (Å²) in [5.41, 5.74) is 1.71. The van der Waals surface area contributed by atoms with Gasteiger partial charge in [0.15, 0.2) is 5.03 Å². The smallest absolute Gasteiger partial charge is 0.262 e. The SMILES string of the molecule is Cc1cnc(NC2CCN(S(=O)(=O)c3cn(C)cn3)CC2)nc1-c1cn(S(C)(=O)=O)cn1. The highest BCUT2D eigenvalue weighted by molar-refractivity contribution is 7.89. The normalized spacial score (nSPS) is 16.3. The van der Waals surface area contributed by atoms with Gasteiger partial charge in [-0.1, -0.05) is 0 Å². The summed E-state index contributed by atoms with van der Waals surface area (Å²) in [5.74, 6) is 0.380. The third-order valence-corrected chi connectivity index (χ3v) is 7.98. The lowest BCUT2D eigenvalue weighted by Gasteiger charge is -2.31. The molecule has 0 atom stereocenters. The molecule has 4 heterocycles. The van der Waals surface area contributed by atoms with Crippen LogP contribution in [-0.4, -0.2) is 75.0 Å². The molecule has 32 heavy (non-hydrogen) atoms. The van der Waals surface area contributed by atoms with Crippen molar-refractivity contribution in [2.45, 2.75) is 30.8 Å². The second-order valence-electron chi connectivity index (χ2n) is 7.78. The number of nitrogens with one attached hydrogen (secondary N) is 1. The Labute approximate surface area is 186 Å². The van der Waals surface area contributed by atoms with Gasteiger partial charge in [0, 0.05) is 44.8 Å². The Morgan fingerprint density at radius 1 is 1.03 bits per heavy atom. The zero-order valence-electron chi connectivity index (χ0n) is 17.9. The van der Waals surface area contributed by atoms with E-state index < -0.39 is 20.0 Å². The highest BCUT2D eigenvalue weighted by Crippen LogP contribution is 2.23. The first-order valence-corrected chi connectivity index (χ1v) is 13.2. The standard InChI is InChI=1S/C18H24N8O4S2/c1-13-8-19-18(23-17(13)15-9-26(12-20-15)31(3,27)28)22-14-4-6-25(7-5-14)32(29,30)16-10-24(2)11-21-16/h8-12,14H,4-7H2,1-3H3,(H,19,22,23). The van der Waals surface area contributed by atoms with Crippen LogP contribution in [0.2, 0.25) is 0 Å². The first kappa shape index (κ1) is 22.4. The zero-order valence-corrected chi connectivity index (χ0v) is 19.5. The van der Waals surface area contributed by atoms with E-state index in [1.54, 1.807) is 17.8 Å². The molecule has 0 aliphatic carbocycles. The molecule has 3 aromatic heterocycles. The minimum Gasteiger partial charge on any atom is -0.351 e. The maximum absolute atomic E-state index is 12.7. The van der Waals surface area contributed by atoms with Crippen molar-refractivity contribution < 1.29 is 16.8 Å². The van der Waals surface area contributed by atoms with Crippen LogP contribution in [-0.2, 0) is 27.1 Å². The Bertz CT molecular complexity index is 1340. The second kappa shape index (κ2) is 8.26. The quantitative estimate of drug-likeness (QED) is 0.531. The van der Waals surface area contributed by atoms with Gasteiger partial charge in [-0.3, -0.25) is 0 Å². The van der Waals surface area contributed by atoms with Gasteiger partial charge < -0.3 is 9.88 Å². The number of anilines is 1. The van der Waals surface area contributed by atoms with E-state index >= 15 is 0 Å². The van der Waals surface area contributed by atoms with Gasteiger partial charge >= 0.3 is 0 Å². The molecule has 1 N–H and O–H groups in total. The van der Waals surface area contributed by atoms with Crippen molar-refractivity contribution in [3.8, 4) is 11.4 Å². The van der Waals surface area contributed by atoms with Gasteiger partial charge in [-0.15, -0.1) is 0 Å². The molecule has 0 bridgehead atoms. The van der Waals surface area contributed by atoms with E-state index in [9.17, 15) is 16.8 Å². The van der Waals surface area contributed by atoms with Gasteiger partial charge in [0.1, 0.15) is 12.0 Å². The van der Waals surface area contributed by atoms with Crippen molar-refractivity contribution >= 4 is 26.0 Å². The van der Waals surface area contributed by atoms with E-state index in [4.69, 9.17) is 0 Å². The molecule has 0 spiro atoms. The van der Waals surface area contributed by atoms with E-state index in [1.807, 2.05) is 6.92 Å². The summed E-state index contributed by atoms with van der Waals surface area (Å²) in [6.45, 7) is 2.53. The molecule has 3 aromatic rings. The maximum atomic E-state index is 12.7. The fourth-order valence-corrected chi connectivity index (χ4v) is 5.40. The molecule has 1 saturated heterocycles. The lowest BCUT2D eigenvalue weighted by atomic mass is 10.1. The molecule has 1 aliphatic rings. The van der Waals surface area contributed by atoms with Gasteiger partial charge in [0.2, 0.25) is 16.0 Å². The van der Waals surface area contributed by atoms with Gasteiger partial charge in [0.25, 0.3) is 10.0 Å². The molecule has 1 fully saturated rings. The number of sulfonamides is 1. The van der Waals surface area contributed by atoms with Crippen molar-refractivity contribution in [2.75, 3.05) is 24.7 Å². The summed E-state index contributed by atoms with van der Waals surface area (Å²) in [6, 6.07) is -0.00526. The largest absolute Gasteiger partial charge is 0.351 e. The van der Waals surface area contributed by atoms with Gasteiger partial charge in [-0.05, 0) is 25.3 Å². The Morgan fingerprint density at radius 3 is 2.34 bits per heavy atom. The van der Waals surface area contributed by atoms with Gasteiger partial charge in [-0.2, -0.15) is 4.31 Å². The minimum atomic E-state index is -3.61. The zero-order chi connectivity index (χ0) is 23.1. The second-order valence-corrected chi connectivity index (χ2v) is 11.5. The van der Waals surface area contributed by atoms with Crippen LogP contribution in [0, 0.1) is 6.92 Å². The summed E-state index contributed by atoms with van der Waals surface area (Å²) in [4.78, 5) is 16.9. The fourth-order valence-electron chi connectivity index (χ4n) is 3.46. The van der Waals surface area contributed by atoms with Crippen molar-refractivity contribution in [1.82, 2.24) is 32.8 Å². The van der Waals surface area contributed by atoms with E-state index in [0.29, 0.717) is 43.3 Å². The number of hydrogen-bond donors (Lipinski definition) is 1. The van der Waals surface area contributed by atoms with Crippen LogP contribution in [0.1, 0.15) is 18.4 Å².